The van der Waals surface area contributed by atoms with E-state index in [0.29, 0.717) is 5.28 Å². The van der Waals surface area contributed by atoms with E-state index in [1.54, 1.807) is 6.20 Å². The van der Waals surface area contributed by atoms with E-state index in [2.05, 4.69) is 19.7 Å². The minimum Gasteiger partial charge on any atom is -0.241 e. The molecule has 3 saturated carbocycles. The van der Waals surface area contributed by atoms with E-state index in [1.165, 1.54) is 19.3 Å². The van der Waals surface area contributed by atoms with E-state index in [9.17, 15) is 0 Å². The highest BCUT2D eigenvalue weighted by atomic mass is 35.5. The predicted molar refractivity (Wildman–Crippen MR) is 60.4 cm³/mol. The molecule has 3 fully saturated rings. The second-order valence-electron chi connectivity index (χ2n) is 5.08. The van der Waals surface area contributed by atoms with Crippen LogP contribution in [0.4, 0.5) is 0 Å². The lowest BCUT2D eigenvalue weighted by Gasteiger charge is -2.61. The first-order chi connectivity index (χ1) is 7.68. The van der Waals surface area contributed by atoms with E-state index in [4.69, 9.17) is 11.6 Å². The lowest BCUT2D eigenvalue weighted by molar-refractivity contribution is -0.0949. The molecule has 16 heavy (non-hydrogen) atoms. The molecule has 2 bridgehead atoms. The number of hydrogen-bond donors (Lipinski definition) is 0. The highest BCUT2D eigenvalue weighted by molar-refractivity contribution is 6.28. The molecule has 82 valence electrons. The maximum Gasteiger partial charge on any atom is 0.224 e. The molecule has 2 aromatic rings. The van der Waals surface area contributed by atoms with Gasteiger partial charge in [0.15, 0.2) is 5.65 Å². The maximum absolute atomic E-state index is 5.86. The van der Waals surface area contributed by atoms with Crippen LogP contribution in [-0.2, 0) is 5.54 Å². The zero-order chi connectivity index (χ0) is 10.9. The average Bonchev–Trinajstić information content (AvgIpc) is 2.39. The normalized spacial score (nSPS) is 31.2. The SMILES string of the molecule is Cc1nn(C23CC(C2)C3)c2nc(Cl)ncc12. The summed E-state index contributed by atoms with van der Waals surface area (Å²) >= 11 is 5.86. The first kappa shape index (κ1) is 8.93. The van der Waals surface area contributed by atoms with Gasteiger partial charge in [0.25, 0.3) is 0 Å². The van der Waals surface area contributed by atoms with Crippen molar-refractivity contribution in [3.05, 3.63) is 17.2 Å². The standard InChI is InChI=1S/C11H11ClN4/c1-6-8-5-13-10(12)14-9(8)16(15-6)11-2-7(3-11)4-11/h5,7H,2-4H2,1H3. The quantitative estimate of drug-likeness (QED) is 0.711. The molecule has 0 radical (unpaired) electrons. The van der Waals surface area contributed by atoms with Crippen LogP contribution in [0.25, 0.3) is 11.0 Å². The molecular formula is C11H11ClN4. The average molecular weight is 235 g/mol. The monoisotopic (exact) mass is 234 g/mol. The van der Waals surface area contributed by atoms with E-state index in [-0.39, 0.29) is 5.54 Å². The van der Waals surface area contributed by atoms with Crippen molar-refractivity contribution in [3.63, 3.8) is 0 Å². The Labute approximate surface area is 97.6 Å². The molecule has 2 heterocycles. The van der Waals surface area contributed by atoms with Crippen LogP contribution in [0, 0.1) is 12.8 Å². The van der Waals surface area contributed by atoms with E-state index in [1.807, 2.05) is 6.92 Å². The lowest BCUT2D eigenvalue weighted by Crippen LogP contribution is -2.59. The minimum absolute atomic E-state index is 0.259. The molecular weight excluding hydrogens is 224 g/mol. The Morgan fingerprint density at radius 2 is 2.19 bits per heavy atom. The van der Waals surface area contributed by atoms with Crippen molar-refractivity contribution < 1.29 is 0 Å². The fourth-order valence-corrected chi connectivity index (χ4v) is 3.17. The number of fused-ring (bicyclic) bond motifs is 1. The molecule has 0 aliphatic heterocycles. The molecule has 0 unspecified atom stereocenters. The van der Waals surface area contributed by atoms with Crippen molar-refractivity contribution in [2.45, 2.75) is 31.7 Å². The zero-order valence-electron chi connectivity index (χ0n) is 8.94. The van der Waals surface area contributed by atoms with Crippen LogP contribution in [0.3, 0.4) is 0 Å². The Hall–Kier alpha value is -1.16. The number of aromatic nitrogens is 4. The van der Waals surface area contributed by atoms with Gasteiger partial charge in [-0.2, -0.15) is 10.1 Å². The Morgan fingerprint density at radius 1 is 1.44 bits per heavy atom. The number of nitrogens with zero attached hydrogens (tertiary/aromatic N) is 4. The predicted octanol–water partition coefficient (Wildman–Crippen LogP) is 2.30. The number of aryl methyl sites for hydroxylation is 1. The Balaban J connectivity index is 2.01. The first-order valence-corrected chi connectivity index (χ1v) is 5.94. The molecule has 0 spiro atoms. The molecule has 0 N–H and O–H groups in total. The Morgan fingerprint density at radius 3 is 2.81 bits per heavy atom. The molecule has 5 heteroatoms. The van der Waals surface area contributed by atoms with Gasteiger partial charge in [-0.1, -0.05) is 0 Å². The van der Waals surface area contributed by atoms with Crippen LogP contribution >= 0.6 is 11.6 Å². The molecule has 3 aliphatic rings. The third-order valence-electron chi connectivity index (χ3n) is 4.03. The third-order valence-corrected chi connectivity index (χ3v) is 4.22. The number of hydrogen-bond acceptors (Lipinski definition) is 3. The molecule has 2 aromatic heterocycles. The fraction of sp³-hybridized carbons (Fsp3) is 0.545. The molecule has 3 aliphatic carbocycles. The summed E-state index contributed by atoms with van der Waals surface area (Å²) in [4.78, 5) is 8.35. The van der Waals surface area contributed by atoms with Crippen LogP contribution in [-0.4, -0.2) is 19.7 Å². The lowest BCUT2D eigenvalue weighted by atomic mass is 9.50. The molecule has 0 aromatic carbocycles. The third kappa shape index (κ3) is 0.895. The molecule has 5 rings (SSSR count). The largest absolute Gasteiger partial charge is 0.241 e. The summed E-state index contributed by atoms with van der Waals surface area (Å²) in [7, 11) is 0. The van der Waals surface area contributed by atoms with Gasteiger partial charge < -0.3 is 0 Å². The van der Waals surface area contributed by atoms with Gasteiger partial charge in [-0.25, -0.2) is 9.67 Å². The molecule has 0 atom stereocenters. The maximum atomic E-state index is 5.86. The first-order valence-electron chi connectivity index (χ1n) is 5.56. The topological polar surface area (TPSA) is 43.6 Å². The van der Waals surface area contributed by atoms with Gasteiger partial charge >= 0.3 is 0 Å². The van der Waals surface area contributed by atoms with Crippen LogP contribution in [0.1, 0.15) is 25.0 Å². The van der Waals surface area contributed by atoms with E-state index < -0.39 is 0 Å². The van der Waals surface area contributed by atoms with Gasteiger partial charge in [0.1, 0.15) is 0 Å². The van der Waals surface area contributed by atoms with E-state index in [0.717, 1.165) is 22.6 Å². The Bertz CT molecular complexity index is 586. The Kier molecular flexibility index (Phi) is 1.43. The van der Waals surface area contributed by atoms with Crippen LogP contribution < -0.4 is 0 Å². The van der Waals surface area contributed by atoms with Crippen molar-refractivity contribution in [1.29, 1.82) is 0 Å². The number of halogens is 1. The summed E-state index contributed by atoms with van der Waals surface area (Å²) in [6, 6.07) is 0. The van der Waals surface area contributed by atoms with Crippen LogP contribution in [0.5, 0.6) is 0 Å². The summed E-state index contributed by atoms with van der Waals surface area (Å²) in [5.74, 6) is 0.928. The highest BCUT2D eigenvalue weighted by Crippen LogP contribution is 2.62. The summed E-state index contributed by atoms with van der Waals surface area (Å²) in [6.07, 6.45) is 5.54. The second kappa shape index (κ2) is 2.56. The minimum atomic E-state index is 0.259. The van der Waals surface area contributed by atoms with E-state index >= 15 is 0 Å². The molecule has 0 amide bonds. The van der Waals surface area contributed by atoms with Gasteiger partial charge in [-0.15, -0.1) is 0 Å². The second-order valence-corrected chi connectivity index (χ2v) is 5.41. The van der Waals surface area contributed by atoms with Crippen LogP contribution in [0.15, 0.2) is 6.20 Å². The summed E-state index contributed by atoms with van der Waals surface area (Å²) in [6.45, 7) is 2.00. The fourth-order valence-electron chi connectivity index (χ4n) is 3.04. The van der Waals surface area contributed by atoms with Crippen molar-refractivity contribution in [2.75, 3.05) is 0 Å². The van der Waals surface area contributed by atoms with Gasteiger partial charge in [-0.05, 0) is 43.7 Å². The smallest absolute Gasteiger partial charge is 0.224 e. The van der Waals surface area contributed by atoms with Crippen molar-refractivity contribution in [2.24, 2.45) is 5.92 Å². The summed E-state index contributed by atoms with van der Waals surface area (Å²) in [5, 5.41) is 5.95. The summed E-state index contributed by atoms with van der Waals surface area (Å²) < 4.78 is 2.09. The van der Waals surface area contributed by atoms with Gasteiger partial charge in [0, 0.05) is 6.20 Å². The molecule has 4 nitrogen and oxygen atoms in total. The van der Waals surface area contributed by atoms with Crippen LogP contribution in [0.2, 0.25) is 5.28 Å². The van der Waals surface area contributed by atoms with Crippen molar-refractivity contribution >= 4 is 22.6 Å². The van der Waals surface area contributed by atoms with Gasteiger partial charge in [0.05, 0.1) is 16.6 Å². The van der Waals surface area contributed by atoms with Crippen molar-refractivity contribution in [1.82, 2.24) is 19.7 Å². The molecule has 0 saturated heterocycles. The van der Waals surface area contributed by atoms with Crippen molar-refractivity contribution in [3.8, 4) is 0 Å². The van der Waals surface area contributed by atoms with Gasteiger partial charge in [0.2, 0.25) is 5.28 Å². The van der Waals surface area contributed by atoms with Gasteiger partial charge in [-0.3, -0.25) is 0 Å². The summed E-state index contributed by atoms with van der Waals surface area (Å²) in [5.41, 5.74) is 2.15. The number of rotatable bonds is 1. The highest BCUT2D eigenvalue weighted by Gasteiger charge is 2.59. The zero-order valence-corrected chi connectivity index (χ0v) is 9.70.